The maximum Gasteiger partial charge on any atom is 0.317 e. The highest BCUT2D eigenvalue weighted by molar-refractivity contribution is 7.20. The number of anilines is 1. The first-order valence-electron chi connectivity index (χ1n) is 7.01. The molecule has 3 rings (SSSR count). The van der Waals surface area contributed by atoms with Crippen LogP contribution in [0.2, 0.25) is 0 Å². The van der Waals surface area contributed by atoms with E-state index in [1.165, 1.54) is 28.0 Å². The molecule has 0 fully saturated rings. The number of hydrogen-bond acceptors (Lipinski definition) is 3. The number of primary amides is 2. The molecular weight excluding hydrogens is 298 g/mol. The Morgan fingerprint density at radius 1 is 1.14 bits per heavy atom. The van der Waals surface area contributed by atoms with Gasteiger partial charge in [0.1, 0.15) is 5.00 Å². The second-order valence-electron chi connectivity index (χ2n) is 5.56. The summed E-state index contributed by atoms with van der Waals surface area (Å²) in [6.45, 7) is 4.16. The lowest BCUT2D eigenvalue weighted by Gasteiger charge is -2.18. The molecule has 114 valence electrons. The first-order chi connectivity index (χ1) is 10.4. The van der Waals surface area contributed by atoms with Gasteiger partial charge >= 0.3 is 6.03 Å². The molecule has 1 heterocycles. The lowest BCUT2D eigenvalue weighted by Crippen LogP contribution is -2.22. The van der Waals surface area contributed by atoms with Crippen LogP contribution in [-0.4, -0.2) is 11.9 Å². The second kappa shape index (κ2) is 5.14. The maximum atomic E-state index is 11.8. The Kier molecular flexibility index (Phi) is 3.41. The third-order valence-electron chi connectivity index (χ3n) is 4.10. The average molecular weight is 315 g/mol. The van der Waals surface area contributed by atoms with Gasteiger partial charge in [-0.1, -0.05) is 12.1 Å². The molecule has 22 heavy (non-hydrogen) atoms. The van der Waals surface area contributed by atoms with Gasteiger partial charge in [-0.3, -0.25) is 10.1 Å². The van der Waals surface area contributed by atoms with Crippen molar-refractivity contribution in [3.05, 3.63) is 39.9 Å². The fourth-order valence-electron chi connectivity index (χ4n) is 2.94. The number of nitrogens with one attached hydrogen (secondary N) is 1. The summed E-state index contributed by atoms with van der Waals surface area (Å²) in [5, 5.41) is 2.97. The van der Waals surface area contributed by atoms with Crippen LogP contribution in [0, 0.1) is 13.8 Å². The molecule has 1 aliphatic rings. The SMILES string of the molecule is Cc1cc2c(cc1C)-c1sc(NC(N)=O)c(C(N)=O)c1CC2. The second-order valence-corrected chi connectivity index (χ2v) is 6.58. The van der Waals surface area contributed by atoms with E-state index >= 15 is 0 Å². The van der Waals surface area contributed by atoms with Crippen LogP contribution in [0.4, 0.5) is 9.80 Å². The number of carbonyl (C=O) groups excluding carboxylic acids is 2. The molecular formula is C16H17N3O2S. The molecule has 0 spiro atoms. The van der Waals surface area contributed by atoms with Crippen molar-refractivity contribution < 1.29 is 9.59 Å². The van der Waals surface area contributed by atoms with Gasteiger partial charge in [0.25, 0.3) is 5.91 Å². The average Bonchev–Trinajstić information content (AvgIpc) is 2.77. The summed E-state index contributed by atoms with van der Waals surface area (Å²) < 4.78 is 0. The van der Waals surface area contributed by atoms with Gasteiger partial charge in [0.2, 0.25) is 0 Å². The van der Waals surface area contributed by atoms with E-state index in [0.717, 1.165) is 28.8 Å². The van der Waals surface area contributed by atoms with Gasteiger partial charge in [-0.05, 0) is 54.5 Å². The molecule has 0 radical (unpaired) electrons. The zero-order valence-electron chi connectivity index (χ0n) is 12.4. The number of rotatable bonds is 2. The molecule has 2 aromatic rings. The number of thiophene rings is 1. The number of benzene rings is 1. The first-order valence-corrected chi connectivity index (χ1v) is 7.82. The van der Waals surface area contributed by atoms with E-state index in [-0.39, 0.29) is 0 Å². The molecule has 0 unspecified atom stereocenters. The molecule has 0 bridgehead atoms. The van der Waals surface area contributed by atoms with Crippen LogP contribution in [0.3, 0.4) is 0 Å². The number of fused-ring (bicyclic) bond motifs is 3. The number of nitrogens with two attached hydrogens (primary N) is 2. The molecule has 1 aliphatic carbocycles. The van der Waals surface area contributed by atoms with Gasteiger partial charge in [0.15, 0.2) is 0 Å². The summed E-state index contributed by atoms with van der Waals surface area (Å²) in [5.74, 6) is -0.534. The van der Waals surface area contributed by atoms with Crippen molar-refractivity contribution >= 4 is 28.3 Å². The van der Waals surface area contributed by atoms with Crippen LogP contribution in [0.1, 0.15) is 32.6 Å². The minimum absolute atomic E-state index is 0.391. The van der Waals surface area contributed by atoms with E-state index in [1.54, 1.807) is 0 Å². The molecule has 0 aliphatic heterocycles. The third kappa shape index (κ3) is 2.25. The van der Waals surface area contributed by atoms with Crippen molar-refractivity contribution in [2.45, 2.75) is 26.7 Å². The zero-order valence-corrected chi connectivity index (χ0v) is 13.3. The smallest absolute Gasteiger partial charge is 0.317 e. The van der Waals surface area contributed by atoms with Crippen LogP contribution in [0.15, 0.2) is 12.1 Å². The number of hydrogen-bond donors (Lipinski definition) is 3. The van der Waals surface area contributed by atoms with E-state index in [0.29, 0.717) is 10.6 Å². The Hall–Kier alpha value is -2.34. The van der Waals surface area contributed by atoms with Gasteiger partial charge < -0.3 is 11.5 Å². The Labute approximate surface area is 132 Å². The van der Waals surface area contributed by atoms with Gasteiger partial charge in [-0.2, -0.15) is 0 Å². The predicted molar refractivity (Wildman–Crippen MR) is 88.4 cm³/mol. The van der Waals surface area contributed by atoms with Crippen molar-refractivity contribution in [1.29, 1.82) is 0 Å². The van der Waals surface area contributed by atoms with Crippen LogP contribution < -0.4 is 16.8 Å². The Morgan fingerprint density at radius 2 is 1.82 bits per heavy atom. The van der Waals surface area contributed by atoms with Crippen molar-refractivity contribution in [2.24, 2.45) is 11.5 Å². The topological polar surface area (TPSA) is 98.2 Å². The van der Waals surface area contributed by atoms with Gasteiger partial charge in [0, 0.05) is 4.88 Å². The molecule has 5 nitrogen and oxygen atoms in total. The minimum Gasteiger partial charge on any atom is -0.365 e. The van der Waals surface area contributed by atoms with Crippen molar-refractivity contribution in [3.8, 4) is 10.4 Å². The number of urea groups is 1. The van der Waals surface area contributed by atoms with Crippen molar-refractivity contribution in [2.75, 3.05) is 5.32 Å². The molecule has 5 N–H and O–H groups in total. The van der Waals surface area contributed by atoms with Crippen LogP contribution in [0.5, 0.6) is 0 Å². The summed E-state index contributed by atoms with van der Waals surface area (Å²) in [5.41, 5.74) is 16.8. The predicted octanol–water partition coefficient (Wildman–Crippen LogP) is 2.72. The fourth-order valence-corrected chi connectivity index (χ4v) is 4.24. The summed E-state index contributed by atoms with van der Waals surface area (Å²) in [6.07, 6.45) is 1.59. The maximum absolute atomic E-state index is 11.8. The van der Waals surface area contributed by atoms with E-state index in [4.69, 9.17) is 11.5 Å². The van der Waals surface area contributed by atoms with E-state index in [9.17, 15) is 9.59 Å². The summed E-state index contributed by atoms with van der Waals surface area (Å²) in [7, 11) is 0. The van der Waals surface area contributed by atoms with Crippen molar-refractivity contribution in [3.63, 3.8) is 0 Å². The quantitative estimate of drug-likeness (QED) is 0.794. The normalized spacial score (nSPS) is 12.5. The lowest BCUT2D eigenvalue weighted by molar-refractivity contribution is 0.100. The van der Waals surface area contributed by atoms with Gasteiger partial charge in [-0.15, -0.1) is 11.3 Å². The van der Waals surface area contributed by atoms with Crippen LogP contribution >= 0.6 is 11.3 Å². The monoisotopic (exact) mass is 315 g/mol. The summed E-state index contributed by atoms with van der Waals surface area (Å²) >= 11 is 1.36. The zero-order chi connectivity index (χ0) is 16.0. The lowest BCUT2D eigenvalue weighted by atomic mass is 9.87. The standard InChI is InChI=1S/C16H17N3O2S/c1-7-5-9-3-4-10-12(14(17)20)15(19-16(18)21)22-13(10)11(9)6-8(7)2/h5-6H,3-4H2,1-2H3,(H2,17,20)(H3,18,19,21). The molecule has 6 heteroatoms. The van der Waals surface area contributed by atoms with Gasteiger partial charge in [0.05, 0.1) is 5.56 Å². The number of aryl methyl sites for hydroxylation is 3. The van der Waals surface area contributed by atoms with Gasteiger partial charge in [-0.25, -0.2) is 4.79 Å². The molecule has 3 amide bonds. The Bertz CT molecular complexity index is 808. The Balaban J connectivity index is 2.23. The largest absolute Gasteiger partial charge is 0.365 e. The number of amides is 3. The first kappa shape index (κ1) is 14.6. The van der Waals surface area contributed by atoms with Crippen LogP contribution in [-0.2, 0) is 12.8 Å². The van der Waals surface area contributed by atoms with Crippen LogP contribution in [0.25, 0.3) is 10.4 Å². The highest BCUT2D eigenvalue weighted by Crippen LogP contribution is 2.45. The number of carbonyl (C=O) groups is 2. The van der Waals surface area contributed by atoms with E-state index in [2.05, 4.69) is 31.3 Å². The molecule has 0 saturated carbocycles. The molecule has 1 aromatic carbocycles. The fraction of sp³-hybridized carbons (Fsp3) is 0.250. The highest BCUT2D eigenvalue weighted by Gasteiger charge is 2.27. The molecule has 1 aromatic heterocycles. The molecule has 0 saturated heterocycles. The summed E-state index contributed by atoms with van der Waals surface area (Å²) in [4.78, 5) is 24.0. The van der Waals surface area contributed by atoms with E-state index < -0.39 is 11.9 Å². The molecule has 0 atom stereocenters. The highest BCUT2D eigenvalue weighted by atomic mass is 32.1. The summed E-state index contributed by atoms with van der Waals surface area (Å²) in [6, 6.07) is 3.64. The van der Waals surface area contributed by atoms with Crippen molar-refractivity contribution in [1.82, 2.24) is 0 Å². The minimum atomic E-state index is -0.693. The Morgan fingerprint density at radius 3 is 2.45 bits per heavy atom. The third-order valence-corrected chi connectivity index (χ3v) is 5.28. The van der Waals surface area contributed by atoms with E-state index in [1.807, 2.05) is 0 Å².